The second kappa shape index (κ2) is 15.9. The van der Waals surface area contributed by atoms with Crippen molar-refractivity contribution >= 4 is 52.6 Å². The third-order valence-electron chi connectivity index (χ3n) is 13.2. The summed E-state index contributed by atoms with van der Waals surface area (Å²) in [5.74, 6) is -0.751. The first-order valence-corrected chi connectivity index (χ1v) is 21.0. The number of anilines is 2. The Balaban J connectivity index is 0.699. The SMILES string of the molecule is N#Cc1ccc(O[C@H]2CC[C@H](NC(=O)c3cnc(N4CCC(N5CC6(CCN(c7ccc8c(c7)C(=O)N(C7CCC(=O)NC7=O)C8=O)CC6)C5)CC4)cn3)CC2)cc1Cl. The molecule has 1 spiro atoms. The number of nitrogens with zero attached hydrogens (tertiary/aromatic N) is 7. The highest BCUT2D eigenvalue weighted by Gasteiger charge is 2.48. The van der Waals surface area contributed by atoms with Crippen molar-refractivity contribution in [2.75, 3.05) is 49.1 Å². The van der Waals surface area contributed by atoms with E-state index in [1.165, 1.54) is 0 Å². The Kier molecular flexibility index (Phi) is 10.5. The summed E-state index contributed by atoms with van der Waals surface area (Å²) in [6.07, 6.45) is 10.9. The number of ether oxygens (including phenoxy) is 1. The number of aromatic nitrogens is 2. The van der Waals surface area contributed by atoms with E-state index in [-0.39, 0.29) is 36.3 Å². The molecule has 0 bridgehead atoms. The van der Waals surface area contributed by atoms with Crippen LogP contribution in [0, 0.1) is 16.7 Å². The molecule has 5 amide bonds. The van der Waals surface area contributed by atoms with Gasteiger partial charge in [-0.1, -0.05) is 11.6 Å². The molecule has 2 aromatic carbocycles. The van der Waals surface area contributed by atoms with Crippen LogP contribution in [0.4, 0.5) is 11.5 Å². The molecule has 1 aliphatic carbocycles. The largest absolute Gasteiger partial charge is 0.490 e. The number of amides is 5. The number of imide groups is 2. The number of halogens is 1. The molecule has 5 fully saturated rings. The fraction of sp³-hybridized carbons (Fsp3) is 0.488. The maximum Gasteiger partial charge on any atom is 0.271 e. The second-order valence-corrected chi connectivity index (χ2v) is 17.3. The van der Waals surface area contributed by atoms with Crippen LogP contribution >= 0.6 is 11.6 Å². The third-order valence-corrected chi connectivity index (χ3v) is 13.6. The number of nitrogens with one attached hydrogen (secondary N) is 2. The number of benzene rings is 2. The average molecular weight is 820 g/mol. The van der Waals surface area contributed by atoms with Gasteiger partial charge in [0, 0.05) is 69.5 Å². The number of likely N-dealkylation sites (tertiary alicyclic amines) is 1. The minimum Gasteiger partial charge on any atom is -0.490 e. The molecule has 59 heavy (non-hydrogen) atoms. The van der Waals surface area contributed by atoms with Crippen molar-refractivity contribution in [2.45, 2.75) is 88.4 Å². The molecule has 1 unspecified atom stereocenters. The second-order valence-electron chi connectivity index (χ2n) is 16.9. The van der Waals surface area contributed by atoms with E-state index in [0.717, 1.165) is 107 Å². The molecule has 6 heterocycles. The molecule has 9 rings (SSSR count). The van der Waals surface area contributed by atoms with Crippen LogP contribution in [0.3, 0.4) is 0 Å². The van der Waals surface area contributed by atoms with E-state index < -0.39 is 29.7 Å². The van der Waals surface area contributed by atoms with Crippen molar-refractivity contribution in [2.24, 2.45) is 5.41 Å². The molecule has 3 aromatic rings. The topological polar surface area (TPSA) is 181 Å². The lowest BCUT2D eigenvalue weighted by Crippen LogP contribution is -2.64. The molecule has 0 radical (unpaired) electrons. The fourth-order valence-electron chi connectivity index (χ4n) is 9.78. The molecule has 4 saturated heterocycles. The highest BCUT2D eigenvalue weighted by atomic mass is 35.5. The van der Waals surface area contributed by atoms with E-state index in [9.17, 15) is 24.0 Å². The van der Waals surface area contributed by atoms with E-state index in [1.807, 2.05) is 6.07 Å². The number of rotatable bonds is 8. The zero-order valence-electron chi connectivity index (χ0n) is 32.7. The Hall–Kier alpha value is -5.59. The van der Waals surface area contributed by atoms with E-state index in [0.29, 0.717) is 39.2 Å². The normalized spacial score (nSPS) is 24.7. The number of fused-ring (bicyclic) bond motifs is 1. The van der Waals surface area contributed by atoms with Gasteiger partial charge in [-0.3, -0.25) is 39.1 Å². The van der Waals surface area contributed by atoms with Gasteiger partial charge in [0.1, 0.15) is 29.4 Å². The van der Waals surface area contributed by atoms with Crippen LogP contribution in [0.5, 0.6) is 5.75 Å². The zero-order chi connectivity index (χ0) is 40.8. The molecule has 6 aliphatic rings. The Morgan fingerprint density at radius 1 is 0.864 bits per heavy atom. The van der Waals surface area contributed by atoms with Gasteiger partial charge in [-0.15, -0.1) is 0 Å². The predicted molar refractivity (Wildman–Crippen MR) is 216 cm³/mol. The average Bonchev–Trinajstić information content (AvgIpc) is 3.48. The number of carbonyl (C=O) groups is 5. The molecule has 15 nitrogen and oxygen atoms in total. The highest BCUT2D eigenvalue weighted by Crippen LogP contribution is 2.44. The zero-order valence-corrected chi connectivity index (χ0v) is 33.5. The number of piperidine rings is 3. The summed E-state index contributed by atoms with van der Waals surface area (Å²) < 4.78 is 6.08. The summed E-state index contributed by atoms with van der Waals surface area (Å²) in [4.78, 5) is 80.9. The van der Waals surface area contributed by atoms with Crippen LogP contribution in [0.2, 0.25) is 5.02 Å². The number of nitriles is 1. The molecule has 306 valence electrons. The summed E-state index contributed by atoms with van der Waals surface area (Å²) >= 11 is 6.15. The van der Waals surface area contributed by atoms with Crippen LogP contribution in [0.1, 0.15) is 101 Å². The lowest BCUT2D eigenvalue weighted by molar-refractivity contribution is -0.136. The van der Waals surface area contributed by atoms with Gasteiger partial charge in [0.05, 0.1) is 40.2 Å². The minimum atomic E-state index is -0.970. The predicted octanol–water partition coefficient (Wildman–Crippen LogP) is 4.09. The standard InChI is InChI=1S/C43H46ClN9O6/c44-34-20-31(5-1-26(34)21-45)59-30-6-2-27(3-7-30)48-39(55)35-22-47-37(23-46-35)51-15-11-28(12-16-51)52-24-43(25-52)13-17-50(18-14-43)29-4-8-32-33(19-29)42(58)53(41(32)57)36-9-10-38(54)49-40(36)56/h1,4-5,8,19-20,22-23,27-28,30,36H,2-3,6-7,9-18,24-25H2,(H,48,55)(H,49,54,56)/t27-,30-,36?. The Morgan fingerprint density at radius 3 is 2.29 bits per heavy atom. The van der Waals surface area contributed by atoms with E-state index in [1.54, 1.807) is 42.7 Å². The van der Waals surface area contributed by atoms with Crippen molar-refractivity contribution in [3.05, 3.63) is 76.2 Å². The number of carbonyl (C=O) groups excluding carboxylic acids is 5. The van der Waals surface area contributed by atoms with Gasteiger partial charge in [-0.05, 0) is 93.5 Å². The van der Waals surface area contributed by atoms with Gasteiger partial charge in [-0.2, -0.15) is 5.26 Å². The van der Waals surface area contributed by atoms with Crippen LogP contribution in [0.25, 0.3) is 0 Å². The van der Waals surface area contributed by atoms with E-state index in [4.69, 9.17) is 21.6 Å². The van der Waals surface area contributed by atoms with Crippen LogP contribution in [-0.4, -0.2) is 113 Å². The van der Waals surface area contributed by atoms with Crippen molar-refractivity contribution in [3.8, 4) is 11.8 Å². The molecule has 1 aromatic heterocycles. The van der Waals surface area contributed by atoms with Crippen LogP contribution in [-0.2, 0) is 9.59 Å². The lowest BCUT2D eigenvalue weighted by Gasteiger charge is -2.57. The number of hydrogen-bond acceptors (Lipinski definition) is 12. The molecular weight excluding hydrogens is 774 g/mol. The van der Waals surface area contributed by atoms with Crippen LogP contribution in [0.15, 0.2) is 48.8 Å². The van der Waals surface area contributed by atoms with Gasteiger partial charge in [0.15, 0.2) is 0 Å². The number of hydrogen-bond donors (Lipinski definition) is 2. The quantitative estimate of drug-likeness (QED) is 0.311. The molecular formula is C43H46ClN9O6. The Morgan fingerprint density at radius 2 is 1.61 bits per heavy atom. The smallest absolute Gasteiger partial charge is 0.271 e. The Bertz CT molecular complexity index is 2210. The van der Waals surface area contributed by atoms with Gasteiger partial charge in [-0.25, -0.2) is 9.97 Å². The molecule has 2 N–H and O–H groups in total. The summed E-state index contributed by atoms with van der Waals surface area (Å²) in [5, 5.41) is 14.8. The monoisotopic (exact) mass is 819 g/mol. The fourth-order valence-corrected chi connectivity index (χ4v) is 10.00. The van der Waals surface area contributed by atoms with E-state index >= 15 is 0 Å². The third kappa shape index (κ3) is 7.71. The van der Waals surface area contributed by atoms with Crippen molar-refractivity contribution in [1.82, 2.24) is 30.4 Å². The maximum atomic E-state index is 13.4. The minimum absolute atomic E-state index is 0.0215. The van der Waals surface area contributed by atoms with Crippen molar-refractivity contribution in [3.63, 3.8) is 0 Å². The summed E-state index contributed by atoms with van der Waals surface area (Å²) in [5.41, 5.74) is 2.53. The molecule has 5 aliphatic heterocycles. The highest BCUT2D eigenvalue weighted by molar-refractivity contribution is 6.31. The van der Waals surface area contributed by atoms with Gasteiger partial charge in [0.2, 0.25) is 11.8 Å². The molecule has 1 saturated carbocycles. The molecule has 1 atom stereocenters. The first-order chi connectivity index (χ1) is 28.6. The van der Waals surface area contributed by atoms with Gasteiger partial charge >= 0.3 is 0 Å². The van der Waals surface area contributed by atoms with E-state index in [2.05, 4.69) is 41.4 Å². The maximum absolute atomic E-state index is 13.4. The lowest BCUT2D eigenvalue weighted by atomic mass is 9.70. The van der Waals surface area contributed by atoms with Crippen molar-refractivity contribution < 1.29 is 28.7 Å². The van der Waals surface area contributed by atoms with Gasteiger partial charge < -0.3 is 19.9 Å². The first-order valence-electron chi connectivity index (χ1n) is 20.7. The van der Waals surface area contributed by atoms with Crippen LogP contribution < -0.4 is 25.2 Å². The summed E-state index contributed by atoms with van der Waals surface area (Å²) in [6, 6.07) is 12.1. The van der Waals surface area contributed by atoms with Crippen molar-refractivity contribution in [1.29, 1.82) is 5.26 Å². The summed E-state index contributed by atoms with van der Waals surface area (Å²) in [6.45, 7) is 5.64. The Labute approximate surface area is 347 Å². The van der Waals surface area contributed by atoms with Gasteiger partial charge in [0.25, 0.3) is 17.7 Å². The first kappa shape index (κ1) is 38.9. The molecule has 16 heteroatoms. The summed E-state index contributed by atoms with van der Waals surface area (Å²) in [7, 11) is 0.